The number of hydrogen-bond donors (Lipinski definition) is 1. The minimum Gasteiger partial charge on any atom is -0.497 e. The molecule has 0 aromatic heterocycles. The highest BCUT2D eigenvalue weighted by Crippen LogP contribution is 2.38. The van der Waals surface area contributed by atoms with E-state index in [9.17, 15) is 4.79 Å². The predicted molar refractivity (Wildman–Crippen MR) is 97.9 cm³/mol. The predicted octanol–water partition coefficient (Wildman–Crippen LogP) is 3.47. The van der Waals surface area contributed by atoms with Gasteiger partial charge in [-0.2, -0.15) is 0 Å². The van der Waals surface area contributed by atoms with E-state index in [-0.39, 0.29) is 5.91 Å². The van der Waals surface area contributed by atoms with Crippen LogP contribution >= 0.6 is 0 Å². The summed E-state index contributed by atoms with van der Waals surface area (Å²) in [5, 5.41) is 3.56. The Morgan fingerprint density at radius 2 is 1.80 bits per heavy atom. The Morgan fingerprint density at radius 1 is 1.08 bits per heavy atom. The largest absolute Gasteiger partial charge is 0.497 e. The second-order valence-corrected chi connectivity index (χ2v) is 6.27. The van der Waals surface area contributed by atoms with E-state index in [0.717, 1.165) is 23.4 Å². The molecular formula is C20H24N2O3. The summed E-state index contributed by atoms with van der Waals surface area (Å²) in [6.45, 7) is 3.26. The van der Waals surface area contributed by atoms with Crippen LogP contribution in [0.2, 0.25) is 0 Å². The lowest BCUT2D eigenvalue weighted by Crippen LogP contribution is -2.56. The van der Waals surface area contributed by atoms with Crippen LogP contribution in [0.3, 0.4) is 0 Å². The zero-order chi connectivity index (χ0) is 17.9. The minimum atomic E-state index is -0.633. The molecule has 2 aromatic rings. The Labute approximate surface area is 148 Å². The van der Waals surface area contributed by atoms with Gasteiger partial charge in [-0.3, -0.25) is 4.79 Å². The van der Waals surface area contributed by atoms with Crippen molar-refractivity contribution in [3.05, 3.63) is 59.7 Å². The zero-order valence-electron chi connectivity index (χ0n) is 14.9. The molecule has 1 aliphatic heterocycles. The number of anilines is 1. The first kappa shape index (κ1) is 17.3. The minimum absolute atomic E-state index is 0.0313. The van der Waals surface area contributed by atoms with Crippen molar-refractivity contribution in [2.24, 2.45) is 0 Å². The molecule has 0 saturated heterocycles. The van der Waals surface area contributed by atoms with E-state index in [0.29, 0.717) is 18.7 Å². The van der Waals surface area contributed by atoms with Gasteiger partial charge in [-0.05, 0) is 43.2 Å². The fraction of sp³-hybridized carbons (Fsp3) is 0.350. The molecule has 3 rings (SSSR count). The van der Waals surface area contributed by atoms with Crippen LogP contribution in [0.4, 0.5) is 5.69 Å². The van der Waals surface area contributed by atoms with Gasteiger partial charge >= 0.3 is 0 Å². The second-order valence-electron chi connectivity index (χ2n) is 6.27. The van der Waals surface area contributed by atoms with Crippen LogP contribution in [0, 0.1) is 0 Å². The molecule has 1 heterocycles. The number of ether oxygens (including phenoxy) is 2. The molecule has 0 saturated carbocycles. The van der Waals surface area contributed by atoms with Gasteiger partial charge in [0.1, 0.15) is 11.4 Å². The zero-order valence-corrected chi connectivity index (χ0v) is 14.9. The Bertz CT molecular complexity index is 745. The second kappa shape index (κ2) is 7.15. The lowest BCUT2D eigenvalue weighted by molar-refractivity contribution is 0.0504. The Morgan fingerprint density at radius 3 is 2.48 bits per heavy atom. The lowest BCUT2D eigenvalue weighted by Gasteiger charge is -2.46. The fourth-order valence-electron chi connectivity index (χ4n) is 3.29. The van der Waals surface area contributed by atoms with E-state index >= 15 is 0 Å². The summed E-state index contributed by atoms with van der Waals surface area (Å²) in [5.74, 6) is 0.824. The smallest absolute Gasteiger partial charge is 0.258 e. The molecule has 1 N–H and O–H groups in total. The number of carbonyl (C=O) groups excluding carboxylic acids is 1. The van der Waals surface area contributed by atoms with Crippen LogP contribution in [-0.4, -0.2) is 38.2 Å². The highest BCUT2D eigenvalue weighted by molar-refractivity contribution is 6.02. The Balaban J connectivity index is 2.01. The van der Waals surface area contributed by atoms with E-state index in [4.69, 9.17) is 9.47 Å². The third kappa shape index (κ3) is 3.20. The van der Waals surface area contributed by atoms with Crippen molar-refractivity contribution in [2.75, 3.05) is 32.7 Å². The number of fused-ring (bicyclic) bond motifs is 1. The van der Waals surface area contributed by atoms with Gasteiger partial charge in [-0.15, -0.1) is 0 Å². The highest BCUT2D eigenvalue weighted by atomic mass is 16.5. The first-order valence-electron chi connectivity index (χ1n) is 8.43. The van der Waals surface area contributed by atoms with Crippen LogP contribution in [0.1, 0.15) is 29.3 Å². The van der Waals surface area contributed by atoms with Gasteiger partial charge in [-0.25, -0.2) is 0 Å². The molecule has 0 bridgehead atoms. The van der Waals surface area contributed by atoms with E-state index in [2.05, 4.69) is 5.32 Å². The normalized spacial score (nSPS) is 19.3. The molecule has 0 radical (unpaired) electrons. The fourth-order valence-corrected chi connectivity index (χ4v) is 3.29. The summed E-state index contributed by atoms with van der Waals surface area (Å²) in [6.07, 6.45) is 0.776. The number of nitrogens with zero attached hydrogens (tertiary/aromatic N) is 1. The SMILES string of the molecule is COCCCN1C(=O)c2ccccc2NC1(C)c1ccc(OC)cc1. The molecule has 5 heteroatoms. The monoisotopic (exact) mass is 340 g/mol. The molecule has 0 spiro atoms. The maximum Gasteiger partial charge on any atom is 0.258 e. The average molecular weight is 340 g/mol. The summed E-state index contributed by atoms with van der Waals surface area (Å²) in [6, 6.07) is 15.5. The summed E-state index contributed by atoms with van der Waals surface area (Å²) in [4.78, 5) is 15.0. The van der Waals surface area contributed by atoms with Gasteiger partial charge < -0.3 is 19.7 Å². The maximum atomic E-state index is 13.1. The van der Waals surface area contributed by atoms with Gasteiger partial charge in [0.2, 0.25) is 0 Å². The molecule has 2 aromatic carbocycles. The number of hydrogen-bond acceptors (Lipinski definition) is 4. The van der Waals surface area contributed by atoms with Crippen molar-refractivity contribution >= 4 is 11.6 Å². The van der Waals surface area contributed by atoms with Gasteiger partial charge in [0.05, 0.1) is 12.7 Å². The van der Waals surface area contributed by atoms with Gasteiger partial charge in [0.25, 0.3) is 5.91 Å². The van der Waals surface area contributed by atoms with Gasteiger partial charge in [0.15, 0.2) is 0 Å². The van der Waals surface area contributed by atoms with Crippen LogP contribution < -0.4 is 10.1 Å². The molecule has 0 aliphatic carbocycles. The molecule has 1 atom stereocenters. The molecule has 5 nitrogen and oxygen atoms in total. The maximum absolute atomic E-state index is 13.1. The third-order valence-electron chi connectivity index (χ3n) is 4.70. The number of rotatable bonds is 6. The number of nitrogens with one attached hydrogen (secondary N) is 1. The number of methoxy groups -OCH3 is 2. The summed E-state index contributed by atoms with van der Waals surface area (Å²) in [5.41, 5.74) is 1.93. The first-order chi connectivity index (χ1) is 12.1. The number of carbonyl (C=O) groups is 1. The van der Waals surface area contributed by atoms with E-state index in [1.54, 1.807) is 14.2 Å². The first-order valence-corrected chi connectivity index (χ1v) is 8.43. The Hall–Kier alpha value is -2.53. The molecule has 132 valence electrons. The molecule has 0 fully saturated rings. The van der Waals surface area contributed by atoms with Crippen molar-refractivity contribution in [1.29, 1.82) is 0 Å². The average Bonchev–Trinajstić information content (AvgIpc) is 2.64. The van der Waals surface area contributed by atoms with Crippen molar-refractivity contribution in [1.82, 2.24) is 4.90 Å². The lowest BCUT2D eigenvalue weighted by atomic mass is 9.93. The van der Waals surface area contributed by atoms with Crippen molar-refractivity contribution in [2.45, 2.75) is 19.0 Å². The quantitative estimate of drug-likeness (QED) is 0.818. The summed E-state index contributed by atoms with van der Waals surface area (Å²) >= 11 is 0. The molecule has 1 aliphatic rings. The number of amides is 1. The summed E-state index contributed by atoms with van der Waals surface area (Å²) in [7, 11) is 3.32. The van der Waals surface area contributed by atoms with Gasteiger partial charge in [-0.1, -0.05) is 24.3 Å². The van der Waals surface area contributed by atoms with E-state index < -0.39 is 5.66 Å². The van der Waals surface area contributed by atoms with E-state index in [1.807, 2.05) is 60.4 Å². The standard InChI is InChI=1S/C20H24N2O3/c1-20(15-9-11-16(25-3)12-10-15)21-18-8-5-4-7-17(18)19(23)22(20)13-6-14-24-2/h4-5,7-12,21H,6,13-14H2,1-3H3. The van der Waals surface area contributed by atoms with Crippen molar-refractivity contribution < 1.29 is 14.3 Å². The number of para-hydroxylation sites is 1. The molecular weight excluding hydrogens is 316 g/mol. The van der Waals surface area contributed by atoms with Crippen molar-refractivity contribution in [3.8, 4) is 5.75 Å². The third-order valence-corrected chi connectivity index (χ3v) is 4.70. The van der Waals surface area contributed by atoms with E-state index in [1.165, 1.54) is 0 Å². The Kier molecular flexibility index (Phi) is 4.95. The molecule has 1 unspecified atom stereocenters. The molecule has 1 amide bonds. The van der Waals surface area contributed by atoms with Crippen LogP contribution in [0.15, 0.2) is 48.5 Å². The topological polar surface area (TPSA) is 50.8 Å². The highest BCUT2D eigenvalue weighted by Gasteiger charge is 2.42. The summed E-state index contributed by atoms with van der Waals surface area (Å²) < 4.78 is 10.4. The van der Waals surface area contributed by atoms with Crippen LogP contribution in [0.25, 0.3) is 0 Å². The van der Waals surface area contributed by atoms with Gasteiger partial charge in [0, 0.05) is 25.9 Å². The molecule has 25 heavy (non-hydrogen) atoms. The van der Waals surface area contributed by atoms with Crippen LogP contribution in [-0.2, 0) is 10.4 Å². The van der Waals surface area contributed by atoms with Crippen molar-refractivity contribution in [3.63, 3.8) is 0 Å². The van der Waals surface area contributed by atoms with Crippen LogP contribution in [0.5, 0.6) is 5.75 Å². The number of benzene rings is 2.